The molecule has 10 heteroatoms. The first-order valence-electron chi connectivity index (χ1n) is 10.3. The molecule has 0 radical (unpaired) electrons. The molecule has 1 aliphatic heterocycles. The molecule has 0 bridgehead atoms. The van der Waals surface area contributed by atoms with Gasteiger partial charge in [0.15, 0.2) is 11.3 Å². The second-order valence-corrected chi connectivity index (χ2v) is 8.17. The standard InChI is InChI=1S/C24H16ClF4N3O2/c25-21-20(23(33)31-8-5-14(6-9-31)17-3-1-2-4-19(17)26)30-22-18(24(27,28)29)11-16(12-32(21)22)15-7-10-34-13-15/h1-5,7,10-13H,6,8-9H2. The summed E-state index contributed by atoms with van der Waals surface area (Å²) in [5.41, 5.74) is 0.0861. The van der Waals surface area contributed by atoms with Gasteiger partial charge in [-0.05, 0) is 30.2 Å². The lowest BCUT2D eigenvalue weighted by molar-refractivity contribution is -0.136. The zero-order valence-corrected chi connectivity index (χ0v) is 18.2. The number of nitrogens with zero attached hydrogens (tertiary/aromatic N) is 3. The molecule has 34 heavy (non-hydrogen) atoms. The molecule has 1 amide bonds. The van der Waals surface area contributed by atoms with Crippen molar-refractivity contribution in [2.45, 2.75) is 12.6 Å². The van der Waals surface area contributed by atoms with Gasteiger partial charge in [0.25, 0.3) is 5.91 Å². The second-order valence-electron chi connectivity index (χ2n) is 7.81. The van der Waals surface area contributed by atoms with Gasteiger partial charge in [-0.2, -0.15) is 13.2 Å². The molecule has 1 aliphatic rings. The summed E-state index contributed by atoms with van der Waals surface area (Å²) in [6.45, 7) is 0.398. The molecule has 174 valence electrons. The molecule has 0 atom stereocenters. The van der Waals surface area contributed by atoms with Gasteiger partial charge in [0.1, 0.15) is 11.0 Å². The molecule has 0 aliphatic carbocycles. The summed E-state index contributed by atoms with van der Waals surface area (Å²) in [7, 11) is 0. The first-order valence-corrected chi connectivity index (χ1v) is 10.7. The van der Waals surface area contributed by atoms with Crippen LogP contribution in [0.2, 0.25) is 5.15 Å². The van der Waals surface area contributed by atoms with E-state index >= 15 is 0 Å². The van der Waals surface area contributed by atoms with Crippen LogP contribution in [0.15, 0.2) is 65.6 Å². The maximum atomic E-state index is 14.1. The number of amides is 1. The van der Waals surface area contributed by atoms with Crippen LogP contribution in [0.1, 0.15) is 28.0 Å². The van der Waals surface area contributed by atoms with Crippen molar-refractivity contribution < 1.29 is 26.8 Å². The van der Waals surface area contributed by atoms with Gasteiger partial charge >= 0.3 is 6.18 Å². The maximum Gasteiger partial charge on any atom is 0.420 e. The average Bonchev–Trinajstić information content (AvgIpc) is 3.47. The van der Waals surface area contributed by atoms with Gasteiger partial charge in [0.05, 0.1) is 18.1 Å². The summed E-state index contributed by atoms with van der Waals surface area (Å²) in [5, 5.41) is -0.222. The lowest BCUT2D eigenvalue weighted by atomic mass is 9.99. The van der Waals surface area contributed by atoms with Crippen molar-refractivity contribution in [3.8, 4) is 11.1 Å². The molecule has 1 aromatic carbocycles. The Hall–Kier alpha value is -3.59. The number of benzene rings is 1. The minimum Gasteiger partial charge on any atom is -0.472 e. The molecule has 5 rings (SSSR count). The fourth-order valence-electron chi connectivity index (χ4n) is 4.02. The average molecular weight is 490 g/mol. The minimum absolute atomic E-state index is 0.152. The van der Waals surface area contributed by atoms with Crippen molar-refractivity contribution in [1.82, 2.24) is 14.3 Å². The van der Waals surface area contributed by atoms with Gasteiger partial charge in [-0.3, -0.25) is 9.20 Å². The first-order chi connectivity index (χ1) is 16.2. The quantitative estimate of drug-likeness (QED) is 0.316. The van der Waals surface area contributed by atoms with Crippen LogP contribution in [0.25, 0.3) is 22.3 Å². The molecular weight excluding hydrogens is 474 g/mol. The fraction of sp³-hybridized carbons (Fsp3) is 0.167. The van der Waals surface area contributed by atoms with Crippen molar-refractivity contribution >= 4 is 28.7 Å². The number of carbonyl (C=O) groups excluding carboxylic acids is 1. The number of furan rings is 1. The number of hydrogen-bond acceptors (Lipinski definition) is 3. The topological polar surface area (TPSA) is 50.8 Å². The summed E-state index contributed by atoms with van der Waals surface area (Å²) < 4.78 is 61.6. The molecule has 0 saturated carbocycles. The van der Waals surface area contributed by atoms with Crippen molar-refractivity contribution in [2.24, 2.45) is 0 Å². The number of halogens is 5. The van der Waals surface area contributed by atoms with Crippen LogP contribution in [-0.4, -0.2) is 33.3 Å². The predicted molar refractivity (Wildman–Crippen MR) is 118 cm³/mol. The lowest BCUT2D eigenvalue weighted by Crippen LogP contribution is -2.35. The number of pyridine rings is 1. The Labute approximate surface area is 195 Å². The third-order valence-electron chi connectivity index (χ3n) is 5.74. The predicted octanol–water partition coefficient (Wildman–Crippen LogP) is 6.34. The van der Waals surface area contributed by atoms with E-state index in [1.165, 1.54) is 35.8 Å². The normalized spacial score (nSPS) is 14.5. The van der Waals surface area contributed by atoms with E-state index < -0.39 is 23.3 Å². The number of imidazole rings is 1. The van der Waals surface area contributed by atoms with E-state index in [-0.39, 0.29) is 35.3 Å². The summed E-state index contributed by atoms with van der Waals surface area (Å²) in [6, 6.07) is 8.81. The van der Waals surface area contributed by atoms with Crippen LogP contribution in [-0.2, 0) is 6.18 Å². The van der Waals surface area contributed by atoms with E-state index in [0.29, 0.717) is 17.5 Å². The molecule has 5 nitrogen and oxygen atoms in total. The Bertz CT molecular complexity index is 1420. The summed E-state index contributed by atoms with van der Waals surface area (Å²) in [5.74, 6) is -0.958. The van der Waals surface area contributed by atoms with Crippen LogP contribution >= 0.6 is 11.6 Å². The van der Waals surface area contributed by atoms with Crippen molar-refractivity contribution in [3.05, 3.63) is 89.0 Å². The van der Waals surface area contributed by atoms with Gasteiger partial charge in [0.2, 0.25) is 0 Å². The fourth-order valence-corrected chi connectivity index (χ4v) is 4.27. The molecule has 3 aromatic heterocycles. The van der Waals surface area contributed by atoms with Gasteiger partial charge in [-0.25, -0.2) is 9.37 Å². The first kappa shape index (κ1) is 22.2. The Kier molecular flexibility index (Phi) is 5.44. The van der Waals surface area contributed by atoms with E-state index in [1.807, 2.05) is 0 Å². The van der Waals surface area contributed by atoms with Crippen LogP contribution in [0.5, 0.6) is 0 Å². The van der Waals surface area contributed by atoms with Crippen LogP contribution in [0.4, 0.5) is 17.6 Å². The van der Waals surface area contributed by atoms with Gasteiger partial charge < -0.3 is 9.32 Å². The lowest BCUT2D eigenvalue weighted by Gasteiger charge is -2.26. The molecular formula is C24H16ClF4N3O2. The Morgan fingerprint density at radius 3 is 2.59 bits per heavy atom. The van der Waals surface area contributed by atoms with E-state index in [0.717, 1.165) is 16.0 Å². The SMILES string of the molecule is O=C(c1nc2c(C(F)(F)F)cc(-c3ccoc3)cn2c1Cl)N1CC=C(c2ccccc2F)CC1. The molecule has 0 fully saturated rings. The van der Waals surface area contributed by atoms with Crippen LogP contribution in [0, 0.1) is 5.82 Å². The Morgan fingerprint density at radius 1 is 1.15 bits per heavy atom. The van der Waals surface area contributed by atoms with Crippen molar-refractivity contribution in [3.63, 3.8) is 0 Å². The zero-order valence-electron chi connectivity index (χ0n) is 17.4. The number of alkyl halides is 3. The highest BCUT2D eigenvalue weighted by Gasteiger charge is 2.36. The third-order valence-corrected chi connectivity index (χ3v) is 6.10. The van der Waals surface area contributed by atoms with E-state index in [9.17, 15) is 22.4 Å². The number of rotatable bonds is 3. The van der Waals surface area contributed by atoms with Crippen molar-refractivity contribution in [2.75, 3.05) is 13.1 Å². The highest BCUT2D eigenvalue weighted by Crippen LogP contribution is 2.37. The summed E-state index contributed by atoms with van der Waals surface area (Å²) in [6.07, 6.45) is 1.42. The molecule has 0 spiro atoms. The maximum absolute atomic E-state index is 14.1. The van der Waals surface area contributed by atoms with Gasteiger partial charge in [-0.15, -0.1) is 0 Å². The minimum atomic E-state index is -4.72. The Balaban J connectivity index is 1.51. The number of hydrogen-bond donors (Lipinski definition) is 0. The Morgan fingerprint density at radius 2 is 1.94 bits per heavy atom. The highest BCUT2D eigenvalue weighted by molar-refractivity contribution is 6.33. The molecule has 0 N–H and O–H groups in total. The van der Waals surface area contributed by atoms with Crippen LogP contribution < -0.4 is 0 Å². The highest BCUT2D eigenvalue weighted by atomic mass is 35.5. The molecule has 4 heterocycles. The van der Waals surface area contributed by atoms with E-state index in [2.05, 4.69) is 4.98 Å². The van der Waals surface area contributed by atoms with E-state index in [1.54, 1.807) is 24.3 Å². The number of fused-ring (bicyclic) bond motifs is 1. The van der Waals surface area contributed by atoms with Crippen LogP contribution in [0.3, 0.4) is 0 Å². The van der Waals surface area contributed by atoms with Crippen molar-refractivity contribution in [1.29, 1.82) is 0 Å². The van der Waals surface area contributed by atoms with E-state index in [4.69, 9.17) is 16.0 Å². The third kappa shape index (κ3) is 3.86. The molecule has 4 aromatic rings. The smallest absolute Gasteiger partial charge is 0.420 e. The molecule has 0 saturated heterocycles. The monoisotopic (exact) mass is 489 g/mol. The number of aromatic nitrogens is 2. The largest absolute Gasteiger partial charge is 0.472 e. The summed E-state index contributed by atoms with van der Waals surface area (Å²) >= 11 is 6.37. The van der Waals surface area contributed by atoms with Gasteiger partial charge in [0, 0.05) is 36.0 Å². The zero-order chi connectivity index (χ0) is 24.0. The summed E-state index contributed by atoms with van der Waals surface area (Å²) in [4.78, 5) is 18.5. The second kappa shape index (κ2) is 8.32. The molecule has 0 unspecified atom stereocenters. The van der Waals surface area contributed by atoms with Gasteiger partial charge in [-0.1, -0.05) is 35.9 Å². The number of carbonyl (C=O) groups is 1.